The van der Waals surface area contributed by atoms with Gasteiger partial charge >= 0.3 is 0 Å². The summed E-state index contributed by atoms with van der Waals surface area (Å²) in [6, 6.07) is 8.51. The van der Waals surface area contributed by atoms with Gasteiger partial charge in [0.2, 0.25) is 11.9 Å². The van der Waals surface area contributed by atoms with Crippen LogP contribution in [-0.4, -0.2) is 35.5 Å². The average Bonchev–Trinajstić information content (AvgIpc) is 2.67. The second-order valence-electron chi connectivity index (χ2n) is 7.42. The number of hydrogen-bond acceptors (Lipinski definition) is 4. The third kappa shape index (κ3) is 4.18. The van der Waals surface area contributed by atoms with E-state index in [2.05, 4.69) is 20.2 Å². The molecule has 0 saturated carbocycles. The Hall–Kier alpha value is -2.50. The molecule has 2 aromatic rings. The minimum absolute atomic E-state index is 0.00930. The fraction of sp³-hybridized carbons (Fsp3) is 0.450. The largest absolute Gasteiger partial charge is 0.355 e. The van der Waals surface area contributed by atoms with Crippen molar-refractivity contribution in [1.82, 2.24) is 15.3 Å². The van der Waals surface area contributed by atoms with Crippen molar-refractivity contribution in [3.63, 3.8) is 0 Å². The highest BCUT2D eigenvalue weighted by molar-refractivity contribution is 5.79. The van der Waals surface area contributed by atoms with E-state index in [9.17, 15) is 9.18 Å². The smallest absolute Gasteiger partial charge is 0.225 e. The van der Waals surface area contributed by atoms with E-state index in [-0.39, 0.29) is 17.6 Å². The van der Waals surface area contributed by atoms with E-state index in [0.717, 1.165) is 19.4 Å². The molecule has 5 nitrogen and oxygen atoms in total. The number of nitrogens with one attached hydrogen (secondary N) is 1. The molecule has 1 aromatic heterocycles. The lowest BCUT2D eigenvalue weighted by molar-refractivity contribution is -0.125. The van der Waals surface area contributed by atoms with Crippen LogP contribution in [-0.2, 0) is 10.2 Å². The molecule has 138 valence electrons. The van der Waals surface area contributed by atoms with Crippen LogP contribution in [0.5, 0.6) is 0 Å². The molecule has 1 saturated heterocycles. The van der Waals surface area contributed by atoms with Crippen LogP contribution in [0.3, 0.4) is 0 Å². The second kappa shape index (κ2) is 7.81. The molecule has 1 fully saturated rings. The monoisotopic (exact) mass is 356 g/mol. The number of nitrogens with zero attached hydrogens (tertiary/aromatic N) is 3. The number of aromatic nitrogens is 2. The van der Waals surface area contributed by atoms with Gasteiger partial charge in [0.15, 0.2) is 0 Å². The zero-order chi connectivity index (χ0) is 18.6. The number of amides is 1. The topological polar surface area (TPSA) is 58.1 Å². The molecule has 6 heteroatoms. The van der Waals surface area contributed by atoms with Crippen LogP contribution in [0, 0.1) is 11.7 Å². The van der Waals surface area contributed by atoms with Gasteiger partial charge in [0.1, 0.15) is 5.82 Å². The third-order valence-electron chi connectivity index (χ3n) is 4.93. The van der Waals surface area contributed by atoms with Crippen molar-refractivity contribution in [2.75, 3.05) is 24.5 Å². The Balaban J connectivity index is 1.60. The molecule has 1 N–H and O–H groups in total. The minimum atomic E-state index is -0.474. The molecule has 0 spiro atoms. The summed E-state index contributed by atoms with van der Waals surface area (Å²) in [7, 11) is 0. The van der Waals surface area contributed by atoms with Gasteiger partial charge in [-0.2, -0.15) is 0 Å². The number of rotatable bonds is 5. The van der Waals surface area contributed by atoms with Crippen molar-refractivity contribution in [2.24, 2.45) is 5.92 Å². The van der Waals surface area contributed by atoms with E-state index in [0.29, 0.717) is 24.6 Å². The molecule has 0 bridgehead atoms. The number of halogens is 1. The molecule has 1 aliphatic rings. The fourth-order valence-corrected chi connectivity index (χ4v) is 3.39. The molecule has 1 atom stereocenters. The second-order valence-corrected chi connectivity index (χ2v) is 7.42. The maximum atomic E-state index is 14.1. The molecular formula is C20H25FN4O. The molecule has 0 aliphatic carbocycles. The first-order valence-corrected chi connectivity index (χ1v) is 9.02. The first-order chi connectivity index (χ1) is 12.5. The van der Waals surface area contributed by atoms with Crippen LogP contribution in [0.4, 0.5) is 10.3 Å². The van der Waals surface area contributed by atoms with Gasteiger partial charge in [-0.05, 0) is 30.5 Å². The van der Waals surface area contributed by atoms with Gasteiger partial charge in [-0.15, -0.1) is 0 Å². The quantitative estimate of drug-likeness (QED) is 0.895. The van der Waals surface area contributed by atoms with Gasteiger partial charge in [-0.3, -0.25) is 4.79 Å². The maximum Gasteiger partial charge on any atom is 0.225 e. The number of carbonyl (C=O) groups excluding carboxylic acids is 1. The van der Waals surface area contributed by atoms with Crippen molar-refractivity contribution in [3.8, 4) is 0 Å². The lowest BCUT2D eigenvalue weighted by atomic mass is 9.84. The Labute approximate surface area is 153 Å². The number of benzene rings is 1. The Morgan fingerprint density at radius 1 is 1.27 bits per heavy atom. The van der Waals surface area contributed by atoms with E-state index in [1.807, 2.05) is 19.9 Å². The summed E-state index contributed by atoms with van der Waals surface area (Å²) in [5.74, 6) is 0.326. The maximum absolute atomic E-state index is 14.1. The summed E-state index contributed by atoms with van der Waals surface area (Å²) in [6.07, 6.45) is 5.19. The summed E-state index contributed by atoms with van der Waals surface area (Å²) in [5.41, 5.74) is 0.140. The molecule has 26 heavy (non-hydrogen) atoms. The predicted octanol–water partition coefficient (Wildman–Crippen LogP) is 2.93. The van der Waals surface area contributed by atoms with E-state index in [1.165, 1.54) is 6.07 Å². The van der Waals surface area contributed by atoms with Crippen LogP contribution in [0.15, 0.2) is 42.7 Å². The van der Waals surface area contributed by atoms with E-state index in [1.54, 1.807) is 30.6 Å². The van der Waals surface area contributed by atoms with Gasteiger partial charge in [-0.25, -0.2) is 14.4 Å². The van der Waals surface area contributed by atoms with E-state index < -0.39 is 5.41 Å². The number of carbonyl (C=O) groups is 1. The summed E-state index contributed by atoms with van der Waals surface area (Å²) in [6.45, 7) is 5.74. The fourth-order valence-electron chi connectivity index (χ4n) is 3.39. The molecule has 1 amide bonds. The first kappa shape index (κ1) is 18.3. The van der Waals surface area contributed by atoms with E-state index in [4.69, 9.17) is 0 Å². The van der Waals surface area contributed by atoms with Gasteiger partial charge in [0.05, 0.1) is 5.92 Å². The van der Waals surface area contributed by atoms with Crippen molar-refractivity contribution in [2.45, 2.75) is 32.1 Å². The van der Waals surface area contributed by atoms with Crippen molar-refractivity contribution < 1.29 is 9.18 Å². The Kier molecular flexibility index (Phi) is 5.49. The minimum Gasteiger partial charge on any atom is -0.355 e. The molecular weight excluding hydrogens is 331 g/mol. The van der Waals surface area contributed by atoms with Crippen molar-refractivity contribution >= 4 is 11.9 Å². The molecule has 1 aliphatic heterocycles. The highest BCUT2D eigenvalue weighted by Crippen LogP contribution is 2.25. The molecule has 3 rings (SSSR count). The summed E-state index contributed by atoms with van der Waals surface area (Å²) in [4.78, 5) is 23.3. The zero-order valence-electron chi connectivity index (χ0n) is 15.3. The number of hydrogen-bond donors (Lipinski definition) is 1. The van der Waals surface area contributed by atoms with Gasteiger partial charge in [-0.1, -0.05) is 32.0 Å². The SMILES string of the molecule is CC(C)(CNC(=O)[C@@H]1CCCN(c2ncccn2)C1)c1ccccc1F. The first-order valence-electron chi connectivity index (χ1n) is 9.02. The van der Waals surface area contributed by atoms with Crippen LogP contribution in [0.1, 0.15) is 32.3 Å². The van der Waals surface area contributed by atoms with Crippen LogP contribution >= 0.6 is 0 Å². The lowest BCUT2D eigenvalue weighted by Crippen LogP contribution is -2.46. The van der Waals surface area contributed by atoms with Crippen molar-refractivity contribution in [1.29, 1.82) is 0 Å². The Morgan fingerprint density at radius 2 is 2.00 bits per heavy atom. The average molecular weight is 356 g/mol. The van der Waals surface area contributed by atoms with Gasteiger partial charge in [0, 0.05) is 37.4 Å². The molecule has 2 heterocycles. The van der Waals surface area contributed by atoms with Crippen LogP contribution in [0.25, 0.3) is 0 Å². The van der Waals surface area contributed by atoms with Crippen molar-refractivity contribution in [3.05, 3.63) is 54.1 Å². The summed E-state index contributed by atoms with van der Waals surface area (Å²) < 4.78 is 14.1. The third-order valence-corrected chi connectivity index (χ3v) is 4.93. The highest BCUT2D eigenvalue weighted by atomic mass is 19.1. The number of piperidine rings is 1. The Morgan fingerprint density at radius 3 is 2.73 bits per heavy atom. The zero-order valence-corrected chi connectivity index (χ0v) is 15.3. The predicted molar refractivity (Wildman–Crippen MR) is 99.4 cm³/mol. The number of anilines is 1. The molecule has 0 unspecified atom stereocenters. The highest BCUT2D eigenvalue weighted by Gasteiger charge is 2.29. The van der Waals surface area contributed by atoms with Gasteiger partial charge < -0.3 is 10.2 Å². The van der Waals surface area contributed by atoms with Crippen LogP contribution < -0.4 is 10.2 Å². The van der Waals surface area contributed by atoms with E-state index >= 15 is 0 Å². The normalized spacial score (nSPS) is 17.8. The molecule has 1 aromatic carbocycles. The summed E-state index contributed by atoms with van der Waals surface area (Å²) in [5, 5.41) is 3.02. The standard InChI is InChI=1S/C20H25FN4O/c1-20(2,16-8-3-4-9-17(16)21)14-24-18(26)15-7-5-12-25(13-15)19-22-10-6-11-23-19/h3-4,6,8-11,15H,5,7,12-14H2,1-2H3,(H,24,26)/t15-/m1/s1. The molecule has 0 radical (unpaired) electrons. The lowest BCUT2D eigenvalue weighted by Gasteiger charge is -2.33. The van der Waals surface area contributed by atoms with Crippen LogP contribution in [0.2, 0.25) is 0 Å². The Bertz CT molecular complexity index is 750. The summed E-state index contributed by atoms with van der Waals surface area (Å²) >= 11 is 0. The van der Waals surface area contributed by atoms with Gasteiger partial charge in [0.25, 0.3) is 0 Å².